The lowest BCUT2D eigenvalue weighted by Gasteiger charge is -2.37. The van der Waals surface area contributed by atoms with Crippen molar-refractivity contribution < 1.29 is 14.3 Å². The Labute approximate surface area is 110 Å². The molecule has 0 aliphatic carbocycles. The highest BCUT2D eigenvalue weighted by Crippen LogP contribution is 2.21. The van der Waals surface area contributed by atoms with Crippen LogP contribution in [0.15, 0.2) is 0 Å². The van der Waals surface area contributed by atoms with Gasteiger partial charge in [0.1, 0.15) is 0 Å². The molecular formula is C13H26N2O3. The number of likely N-dealkylation sites (N-methyl/N-ethyl adjacent to an activating group) is 1. The van der Waals surface area contributed by atoms with Gasteiger partial charge >= 0.3 is 0 Å². The Kier molecular flexibility index (Phi) is 8.37. The van der Waals surface area contributed by atoms with Gasteiger partial charge in [-0.2, -0.15) is 0 Å². The zero-order valence-corrected chi connectivity index (χ0v) is 12.1. The van der Waals surface area contributed by atoms with E-state index in [9.17, 15) is 9.59 Å². The van der Waals surface area contributed by atoms with Crippen molar-refractivity contribution in [2.75, 3.05) is 20.7 Å². The molecule has 0 saturated carbocycles. The maximum Gasteiger partial charge on any atom is 0.242 e. The van der Waals surface area contributed by atoms with E-state index in [0.717, 1.165) is 12.8 Å². The van der Waals surface area contributed by atoms with Gasteiger partial charge in [0, 0.05) is 14.2 Å². The summed E-state index contributed by atoms with van der Waals surface area (Å²) in [6.45, 7) is 6.30. The number of hydrogen-bond acceptors (Lipinski definition) is 3. The number of methoxy groups -OCH3 is 1. The number of carbonyl (C=O) groups excluding carboxylic acids is 2. The summed E-state index contributed by atoms with van der Waals surface area (Å²) in [6.07, 6.45) is 2.38. The largest absolute Gasteiger partial charge is 0.379 e. The minimum absolute atomic E-state index is 0.0186. The highest BCUT2D eigenvalue weighted by Gasteiger charge is 2.31. The first-order chi connectivity index (χ1) is 8.53. The molecule has 0 rings (SSSR count). The topological polar surface area (TPSA) is 58.6 Å². The van der Waals surface area contributed by atoms with E-state index in [-0.39, 0.29) is 24.6 Å². The van der Waals surface area contributed by atoms with Crippen LogP contribution in [0.1, 0.15) is 33.6 Å². The Morgan fingerprint density at radius 3 is 2.39 bits per heavy atom. The third-order valence-corrected chi connectivity index (χ3v) is 3.49. The van der Waals surface area contributed by atoms with Crippen molar-refractivity contribution in [3.63, 3.8) is 0 Å². The van der Waals surface area contributed by atoms with Crippen LogP contribution in [0.3, 0.4) is 0 Å². The molecule has 0 radical (unpaired) electrons. The monoisotopic (exact) mass is 258 g/mol. The molecule has 1 N–H and O–H groups in total. The minimum Gasteiger partial charge on any atom is -0.379 e. The van der Waals surface area contributed by atoms with Crippen LogP contribution in [0.4, 0.5) is 0 Å². The molecule has 2 amide bonds. The van der Waals surface area contributed by atoms with Gasteiger partial charge in [-0.15, -0.1) is 0 Å². The van der Waals surface area contributed by atoms with Crippen LogP contribution in [0.2, 0.25) is 0 Å². The van der Waals surface area contributed by atoms with Crippen LogP contribution in [0.5, 0.6) is 0 Å². The molecule has 0 aromatic rings. The van der Waals surface area contributed by atoms with Crippen LogP contribution in [0.25, 0.3) is 0 Å². The van der Waals surface area contributed by atoms with Crippen molar-refractivity contribution in [1.29, 1.82) is 0 Å². The molecule has 0 aromatic carbocycles. The Bertz CT molecular complexity index is 255. The normalized spacial score (nSPS) is 15.6. The summed E-state index contributed by atoms with van der Waals surface area (Å²) in [7, 11) is 3.44. The smallest absolute Gasteiger partial charge is 0.242 e. The lowest BCUT2D eigenvalue weighted by atomic mass is 9.91. The molecule has 2 unspecified atom stereocenters. The molecule has 0 spiro atoms. The van der Waals surface area contributed by atoms with Gasteiger partial charge in [-0.05, 0) is 12.3 Å². The molecule has 18 heavy (non-hydrogen) atoms. The van der Waals surface area contributed by atoms with E-state index in [1.54, 1.807) is 19.1 Å². The zero-order chi connectivity index (χ0) is 14.1. The van der Waals surface area contributed by atoms with E-state index in [1.807, 2.05) is 6.92 Å². The van der Waals surface area contributed by atoms with E-state index in [2.05, 4.69) is 19.2 Å². The van der Waals surface area contributed by atoms with Gasteiger partial charge in [-0.3, -0.25) is 9.59 Å². The van der Waals surface area contributed by atoms with Gasteiger partial charge < -0.3 is 15.0 Å². The Balaban J connectivity index is 4.82. The van der Waals surface area contributed by atoms with Crippen molar-refractivity contribution in [2.45, 2.75) is 45.8 Å². The number of ether oxygens (including phenoxy) is 1. The summed E-state index contributed by atoms with van der Waals surface area (Å²) in [5.41, 5.74) is 0. The predicted octanol–water partition coefficient (Wildman–Crippen LogP) is 1.03. The summed E-state index contributed by atoms with van der Waals surface area (Å²) in [4.78, 5) is 23.9. The van der Waals surface area contributed by atoms with Crippen molar-refractivity contribution in [1.82, 2.24) is 10.2 Å². The summed E-state index contributed by atoms with van der Waals surface area (Å²) >= 11 is 0. The average Bonchev–Trinajstić information content (AvgIpc) is 2.40. The summed E-state index contributed by atoms with van der Waals surface area (Å²) in [5, 5.41) is 2.40. The standard InChI is InChI=1S/C13H26N2O3/c1-6-10(3)13(11(7-2)18-5)15(4)12(17)8-14-9-16/h9-11,13H,6-8H2,1-5H3,(H,14,16)/t10-,11?,13?/m0/s1. The highest BCUT2D eigenvalue weighted by atomic mass is 16.5. The molecule has 0 fully saturated rings. The molecule has 0 heterocycles. The lowest BCUT2D eigenvalue weighted by Crippen LogP contribution is -2.51. The second-order valence-electron chi connectivity index (χ2n) is 4.56. The number of amides is 2. The van der Waals surface area contributed by atoms with E-state index in [1.165, 1.54) is 0 Å². The second-order valence-corrected chi connectivity index (χ2v) is 4.56. The summed E-state index contributed by atoms with van der Waals surface area (Å²) < 4.78 is 5.48. The molecule has 5 nitrogen and oxygen atoms in total. The quantitative estimate of drug-likeness (QED) is 0.628. The van der Waals surface area contributed by atoms with Crippen LogP contribution < -0.4 is 5.32 Å². The van der Waals surface area contributed by atoms with Crippen molar-refractivity contribution in [2.24, 2.45) is 5.92 Å². The Hall–Kier alpha value is -1.10. The van der Waals surface area contributed by atoms with Crippen LogP contribution in [-0.2, 0) is 14.3 Å². The summed E-state index contributed by atoms with van der Waals surface area (Å²) in [5.74, 6) is 0.253. The molecule has 0 bridgehead atoms. The van der Waals surface area contributed by atoms with Gasteiger partial charge in [0.2, 0.25) is 12.3 Å². The summed E-state index contributed by atoms with van der Waals surface area (Å²) in [6, 6.07) is 0.0333. The molecule has 3 atom stereocenters. The van der Waals surface area contributed by atoms with Gasteiger partial charge in [-0.25, -0.2) is 0 Å². The van der Waals surface area contributed by atoms with E-state index >= 15 is 0 Å². The molecule has 0 saturated heterocycles. The molecule has 5 heteroatoms. The van der Waals surface area contributed by atoms with Crippen molar-refractivity contribution in [3.05, 3.63) is 0 Å². The highest BCUT2D eigenvalue weighted by molar-refractivity contribution is 5.80. The number of nitrogens with one attached hydrogen (secondary N) is 1. The second kappa shape index (κ2) is 8.91. The average molecular weight is 258 g/mol. The molecule has 0 aromatic heterocycles. The number of hydrogen-bond donors (Lipinski definition) is 1. The van der Waals surface area contributed by atoms with E-state index < -0.39 is 0 Å². The molecule has 0 aliphatic rings. The maximum absolute atomic E-state index is 11.9. The SMILES string of the molecule is CCC(OC)C([C@@H](C)CC)N(C)C(=O)CNC=O. The number of nitrogens with zero attached hydrogens (tertiary/aromatic N) is 1. The minimum atomic E-state index is -0.0945. The van der Waals surface area contributed by atoms with Crippen LogP contribution in [-0.4, -0.2) is 50.1 Å². The third kappa shape index (κ3) is 4.64. The first-order valence-electron chi connectivity index (χ1n) is 6.48. The molecule has 0 aliphatic heterocycles. The Morgan fingerprint density at radius 1 is 1.39 bits per heavy atom. The third-order valence-electron chi connectivity index (χ3n) is 3.49. The van der Waals surface area contributed by atoms with Gasteiger partial charge in [0.25, 0.3) is 0 Å². The van der Waals surface area contributed by atoms with Gasteiger partial charge in [0.15, 0.2) is 0 Å². The van der Waals surface area contributed by atoms with Gasteiger partial charge in [0.05, 0.1) is 18.7 Å². The first kappa shape index (κ1) is 16.9. The van der Waals surface area contributed by atoms with E-state index in [0.29, 0.717) is 12.3 Å². The Morgan fingerprint density at radius 2 is 2.00 bits per heavy atom. The van der Waals surface area contributed by atoms with Crippen LogP contribution >= 0.6 is 0 Å². The number of carbonyl (C=O) groups is 2. The number of rotatable bonds is 9. The fourth-order valence-corrected chi connectivity index (χ4v) is 2.21. The molecule has 106 valence electrons. The zero-order valence-electron chi connectivity index (χ0n) is 12.1. The van der Waals surface area contributed by atoms with Crippen molar-refractivity contribution >= 4 is 12.3 Å². The van der Waals surface area contributed by atoms with E-state index in [4.69, 9.17) is 4.74 Å². The molecular weight excluding hydrogens is 232 g/mol. The van der Waals surface area contributed by atoms with Gasteiger partial charge in [-0.1, -0.05) is 27.2 Å². The fraction of sp³-hybridized carbons (Fsp3) is 0.846. The predicted molar refractivity (Wildman–Crippen MR) is 71.2 cm³/mol. The van der Waals surface area contributed by atoms with Crippen LogP contribution in [0, 0.1) is 5.92 Å². The fourth-order valence-electron chi connectivity index (χ4n) is 2.21. The maximum atomic E-state index is 11.9. The lowest BCUT2D eigenvalue weighted by molar-refractivity contribution is -0.136. The first-order valence-corrected chi connectivity index (χ1v) is 6.48. The van der Waals surface area contributed by atoms with Crippen molar-refractivity contribution in [3.8, 4) is 0 Å².